The zero-order valence-corrected chi connectivity index (χ0v) is 28.3. The molecular formula is C34H34F3N7O5S. The summed E-state index contributed by atoms with van der Waals surface area (Å²) in [6, 6.07) is 18.8. The minimum absolute atomic E-state index is 0.0813. The number of ether oxygens (including phenoxy) is 1. The number of halogens is 3. The third kappa shape index (κ3) is 8.61. The Labute approximate surface area is 290 Å². The number of thioether (sulfide) groups is 1. The van der Waals surface area contributed by atoms with Crippen molar-refractivity contribution in [1.82, 2.24) is 25.0 Å². The molecule has 1 aliphatic heterocycles. The van der Waals surface area contributed by atoms with Gasteiger partial charge < -0.3 is 15.2 Å². The largest absolute Gasteiger partial charge is 0.573 e. The summed E-state index contributed by atoms with van der Waals surface area (Å²) in [6.07, 6.45) is -5.50. The highest BCUT2D eigenvalue weighted by Crippen LogP contribution is 2.36. The number of amidine groups is 1. The number of urea groups is 1. The Morgan fingerprint density at radius 2 is 1.74 bits per heavy atom. The number of carbonyl (C=O) groups is 3. The third-order valence-electron chi connectivity index (χ3n) is 7.64. The molecule has 2 N–H and O–H groups in total. The topological polar surface area (TPSA) is 142 Å². The van der Waals surface area contributed by atoms with Gasteiger partial charge in [-0.15, -0.1) is 18.3 Å². The summed E-state index contributed by atoms with van der Waals surface area (Å²) in [5.41, 5.74) is 3.03. The van der Waals surface area contributed by atoms with Gasteiger partial charge >= 0.3 is 18.5 Å². The summed E-state index contributed by atoms with van der Waals surface area (Å²) in [4.78, 5) is 49.4. The zero-order valence-electron chi connectivity index (χ0n) is 27.5. The molecule has 0 aliphatic carbocycles. The molecule has 1 unspecified atom stereocenters. The first-order chi connectivity index (χ1) is 23.6. The molecule has 1 aromatic heterocycles. The number of nitrogens with zero attached hydrogens (tertiary/aromatic N) is 6. The molecule has 262 valence electrons. The number of amides is 4. The van der Waals surface area contributed by atoms with Crippen molar-refractivity contribution in [3.05, 3.63) is 90.3 Å². The van der Waals surface area contributed by atoms with Gasteiger partial charge in [-0.25, -0.2) is 19.3 Å². The minimum Gasteiger partial charge on any atom is -0.465 e. The van der Waals surface area contributed by atoms with Crippen LogP contribution in [0, 0.1) is 0 Å². The molecular weight excluding hydrogens is 675 g/mol. The second-order valence-electron chi connectivity index (χ2n) is 12.2. The second kappa shape index (κ2) is 14.6. The van der Waals surface area contributed by atoms with Crippen LogP contribution < -0.4 is 15.0 Å². The van der Waals surface area contributed by atoms with Crippen LogP contribution in [-0.4, -0.2) is 72.8 Å². The van der Waals surface area contributed by atoms with Crippen LogP contribution in [0.25, 0.3) is 17.1 Å². The van der Waals surface area contributed by atoms with Crippen LogP contribution in [0.2, 0.25) is 0 Å². The Balaban J connectivity index is 1.32. The first kappa shape index (κ1) is 35.9. The monoisotopic (exact) mass is 709 g/mol. The van der Waals surface area contributed by atoms with E-state index in [1.54, 1.807) is 31.2 Å². The van der Waals surface area contributed by atoms with Crippen molar-refractivity contribution < 1.29 is 37.4 Å². The van der Waals surface area contributed by atoms with Crippen molar-refractivity contribution in [2.24, 2.45) is 4.99 Å². The predicted octanol–water partition coefficient (Wildman–Crippen LogP) is 6.84. The van der Waals surface area contributed by atoms with Crippen molar-refractivity contribution in [2.75, 3.05) is 17.2 Å². The molecule has 4 aromatic rings. The van der Waals surface area contributed by atoms with Crippen LogP contribution >= 0.6 is 11.8 Å². The zero-order chi connectivity index (χ0) is 36.2. The fraction of sp³-hybridized carbons (Fsp3) is 0.294. The Hall–Kier alpha value is -5.38. The van der Waals surface area contributed by atoms with E-state index in [0.717, 1.165) is 22.2 Å². The van der Waals surface area contributed by atoms with E-state index in [0.29, 0.717) is 28.3 Å². The Bertz CT molecular complexity index is 1890. The highest BCUT2D eigenvalue weighted by Gasteiger charge is 2.34. The lowest BCUT2D eigenvalue weighted by Gasteiger charge is -2.29. The summed E-state index contributed by atoms with van der Waals surface area (Å²) in [5, 5.41) is 17.2. The van der Waals surface area contributed by atoms with E-state index in [1.165, 1.54) is 40.2 Å². The molecule has 1 aliphatic rings. The number of alkyl halides is 3. The number of hydrogen-bond donors (Lipinski definition) is 2. The molecule has 1 fully saturated rings. The van der Waals surface area contributed by atoms with Crippen molar-refractivity contribution in [3.8, 4) is 22.8 Å². The number of para-hydroxylation sites is 1. The smallest absolute Gasteiger partial charge is 0.465 e. The maximum absolute atomic E-state index is 13.3. The summed E-state index contributed by atoms with van der Waals surface area (Å²) >= 11 is 1.13. The molecule has 2 heterocycles. The molecule has 3 aromatic carbocycles. The number of hydrogen-bond acceptors (Lipinski definition) is 7. The summed E-state index contributed by atoms with van der Waals surface area (Å²) in [7, 11) is 0. The van der Waals surface area contributed by atoms with Gasteiger partial charge in [-0.2, -0.15) is 4.99 Å². The molecule has 12 nitrogen and oxygen atoms in total. The number of benzene rings is 3. The fourth-order valence-corrected chi connectivity index (χ4v) is 6.17. The van der Waals surface area contributed by atoms with Crippen molar-refractivity contribution in [2.45, 2.75) is 52.1 Å². The quantitative estimate of drug-likeness (QED) is 0.180. The lowest BCUT2D eigenvalue weighted by Crippen LogP contribution is -2.51. The first-order valence-electron chi connectivity index (χ1n) is 15.4. The molecule has 50 heavy (non-hydrogen) atoms. The van der Waals surface area contributed by atoms with Crippen LogP contribution in [-0.2, 0) is 16.6 Å². The maximum atomic E-state index is 13.3. The fourth-order valence-electron chi connectivity index (χ4n) is 5.31. The molecule has 0 bridgehead atoms. The van der Waals surface area contributed by atoms with Gasteiger partial charge in [0.15, 0.2) is 11.0 Å². The van der Waals surface area contributed by atoms with Crippen LogP contribution in [0.5, 0.6) is 5.75 Å². The lowest BCUT2D eigenvalue weighted by molar-refractivity contribution is -0.274. The van der Waals surface area contributed by atoms with Gasteiger partial charge in [0.25, 0.3) is 0 Å². The number of aliphatic imine (C=N–C) groups is 1. The normalized spacial score (nSPS) is 14.9. The maximum Gasteiger partial charge on any atom is 0.573 e. The summed E-state index contributed by atoms with van der Waals surface area (Å²) in [5.74, 6) is -0.134. The SMILES string of the molecule is CCN(C(=O)O)C(Cc1ccc(-c2ncn(-c3ccc(OC(F)(F)F)cc3)n2)cc1)NC(=O)/N=C1\SCC(=O)N1c1ccccc1C(C)(C)C. The number of carboxylic acid groups (broad SMARTS) is 1. The van der Waals surface area contributed by atoms with E-state index in [2.05, 4.69) is 25.1 Å². The van der Waals surface area contributed by atoms with Crippen molar-refractivity contribution in [3.63, 3.8) is 0 Å². The van der Waals surface area contributed by atoms with Gasteiger partial charge in [0, 0.05) is 18.5 Å². The van der Waals surface area contributed by atoms with E-state index in [9.17, 15) is 32.7 Å². The van der Waals surface area contributed by atoms with Gasteiger partial charge in [-0.05, 0) is 53.8 Å². The minimum atomic E-state index is -4.80. The molecule has 4 amide bonds. The summed E-state index contributed by atoms with van der Waals surface area (Å²) < 4.78 is 42.8. The molecule has 0 saturated carbocycles. The number of rotatable bonds is 9. The molecule has 5 rings (SSSR count). The average Bonchev–Trinajstić information content (AvgIpc) is 3.68. The van der Waals surface area contributed by atoms with Crippen LogP contribution in [0.15, 0.2) is 84.1 Å². The molecule has 0 radical (unpaired) electrons. The number of likely N-dealkylation sites (N-methyl/N-ethyl adjacent to an activating group) is 1. The molecule has 1 atom stereocenters. The van der Waals surface area contributed by atoms with E-state index in [-0.39, 0.29) is 41.0 Å². The Kier molecular flexibility index (Phi) is 10.5. The third-order valence-corrected chi connectivity index (χ3v) is 8.56. The lowest BCUT2D eigenvalue weighted by atomic mass is 9.85. The molecule has 1 saturated heterocycles. The van der Waals surface area contributed by atoms with Gasteiger partial charge in [-0.1, -0.05) is 75.0 Å². The van der Waals surface area contributed by atoms with Gasteiger partial charge in [-0.3, -0.25) is 14.6 Å². The van der Waals surface area contributed by atoms with E-state index in [1.807, 2.05) is 45.0 Å². The number of nitrogens with one attached hydrogen (secondary N) is 1. The van der Waals surface area contributed by atoms with E-state index >= 15 is 0 Å². The van der Waals surface area contributed by atoms with Crippen molar-refractivity contribution in [1.29, 1.82) is 0 Å². The number of anilines is 1. The number of aromatic nitrogens is 3. The van der Waals surface area contributed by atoms with Gasteiger partial charge in [0.1, 0.15) is 18.2 Å². The average molecular weight is 710 g/mol. The van der Waals surface area contributed by atoms with Crippen LogP contribution in [0.3, 0.4) is 0 Å². The number of carbonyl (C=O) groups excluding carboxylic acids is 2. The Morgan fingerprint density at radius 1 is 1.06 bits per heavy atom. The predicted molar refractivity (Wildman–Crippen MR) is 182 cm³/mol. The summed E-state index contributed by atoms with van der Waals surface area (Å²) in [6.45, 7) is 7.81. The van der Waals surface area contributed by atoms with Crippen LogP contribution in [0.4, 0.5) is 28.4 Å². The van der Waals surface area contributed by atoms with Crippen molar-refractivity contribution >= 4 is 40.6 Å². The Morgan fingerprint density at radius 3 is 2.36 bits per heavy atom. The first-order valence-corrected chi connectivity index (χ1v) is 16.4. The molecule has 0 spiro atoms. The highest BCUT2D eigenvalue weighted by atomic mass is 32.2. The standard InChI is InChI=1S/C34H34F3N7O5S/c1-5-42(32(47)48)27(39-30(46)40-31-44(28(45)19-50-31)26-9-7-6-8-25(26)33(2,3)4)18-21-10-12-22(13-11-21)29-38-20-43(41-29)23-14-16-24(17-15-23)49-34(35,36)37/h6-17,20,27H,5,18-19H2,1-4H3,(H,39,46)(H,47,48)/b40-31-. The highest BCUT2D eigenvalue weighted by molar-refractivity contribution is 8.15. The second-order valence-corrected chi connectivity index (χ2v) is 13.1. The van der Waals surface area contributed by atoms with E-state index < -0.39 is 24.7 Å². The molecule has 16 heteroatoms. The van der Waals surface area contributed by atoms with Gasteiger partial charge in [0.2, 0.25) is 5.91 Å². The van der Waals surface area contributed by atoms with Crippen LogP contribution in [0.1, 0.15) is 38.8 Å². The van der Waals surface area contributed by atoms with Gasteiger partial charge in [0.05, 0.1) is 17.1 Å². The van der Waals surface area contributed by atoms with E-state index in [4.69, 9.17) is 0 Å².